The van der Waals surface area contributed by atoms with E-state index in [1.165, 1.54) is 21.5 Å². The lowest BCUT2D eigenvalue weighted by Gasteiger charge is -2.45. The van der Waals surface area contributed by atoms with E-state index >= 15 is 0 Å². The summed E-state index contributed by atoms with van der Waals surface area (Å²) in [6, 6.07) is 10.3. The molecule has 140 valence electrons. The van der Waals surface area contributed by atoms with Crippen LogP contribution in [0.15, 0.2) is 30.3 Å². The molecule has 0 unspecified atom stereocenters. The summed E-state index contributed by atoms with van der Waals surface area (Å²) in [5.41, 5.74) is 2.89. The van der Waals surface area contributed by atoms with Gasteiger partial charge in [0.2, 0.25) is 0 Å². The van der Waals surface area contributed by atoms with E-state index in [1.807, 2.05) is 12.1 Å². The zero-order valence-electron chi connectivity index (χ0n) is 14.3. The van der Waals surface area contributed by atoms with Crippen molar-refractivity contribution >= 4 is 23.1 Å². The molecule has 2 aliphatic rings. The van der Waals surface area contributed by atoms with Crippen molar-refractivity contribution in [3.8, 4) is 0 Å². The first-order valence-electron chi connectivity index (χ1n) is 8.59. The van der Waals surface area contributed by atoms with E-state index in [1.54, 1.807) is 11.3 Å². The van der Waals surface area contributed by atoms with Crippen LogP contribution in [-0.2, 0) is 22.7 Å². The molecule has 1 fully saturated rings. The first-order valence-corrected chi connectivity index (χ1v) is 10.3. The number of rotatable bonds is 3. The summed E-state index contributed by atoms with van der Waals surface area (Å²) in [5.74, 6) is 0. The molecule has 0 aliphatic carbocycles. The van der Waals surface area contributed by atoms with E-state index in [-0.39, 0.29) is 6.61 Å². The van der Waals surface area contributed by atoms with E-state index < -0.39 is 28.5 Å². The third-order valence-electron chi connectivity index (χ3n) is 5.12. The Morgan fingerprint density at radius 3 is 2.65 bits per heavy atom. The van der Waals surface area contributed by atoms with Gasteiger partial charge in [-0.05, 0) is 30.2 Å². The second-order valence-corrected chi connectivity index (χ2v) is 9.72. The zero-order valence-corrected chi connectivity index (χ0v) is 16.0. The van der Waals surface area contributed by atoms with Gasteiger partial charge in [0, 0.05) is 21.7 Å². The molecule has 5 nitrogen and oxygen atoms in total. The van der Waals surface area contributed by atoms with Crippen LogP contribution in [0.1, 0.15) is 26.4 Å². The fourth-order valence-corrected chi connectivity index (χ4v) is 6.18. The molecule has 1 spiro atoms. The predicted molar refractivity (Wildman–Crippen MR) is 101 cm³/mol. The van der Waals surface area contributed by atoms with Gasteiger partial charge in [-0.25, -0.2) is 0 Å². The molecule has 4 N–H and O–H groups in total. The Labute approximate surface area is 160 Å². The number of benzene rings is 1. The molecule has 5 atom stereocenters. The van der Waals surface area contributed by atoms with E-state index in [0.717, 1.165) is 23.1 Å². The molecule has 3 heterocycles. The number of fused-ring (bicyclic) bond motifs is 2. The van der Waals surface area contributed by atoms with Crippen LogP contribution in [-0.4, -0.2) is 50.6 Å². The summed E-state index contributed by atoms with van der Waals surface area (Å²) in [7, 11) is 0. The molecule has 2 aromatic rings. The lowest BCUT2D eigenvalue weighted by molar-refractivity contribution is -0.147. The molecular formula is C19H22O5S2. The SMILES string of the molecule is Cc1ccc(Cc2ccc3c(c2)[C@]2(OC3)S[C@H](CO)[C@@H](O)[C@H](O)[C@H]2O)s1. The second kappa shape index (κ2) is 6.91. The fourth-order valence-electron chi connectivity index (χ4n) is 3.71. The van der Waals surface area contributed by atoms with Crippen molar-refractivity contribution < 1.29 is 25.2 Å². The Bertz CT molecular complexity index is 805. The molecular weight excluding hydrogens is 372 g/mol. The molecule has 4 rings (SSSR count). The van der Waals surface area contributed by atoms with Crippen LogP contribution in [0, 0.1) is 6.92 Å². The first-order chi connectivity index (χ1) is 12.4. The predicted octanol–water partition coefficient (Wildman–Crippen LogP) is 1.52. The number of thioether (sulfide) groups is 1. The van der Waals surface area contributed by atoms with Crippen molar-refractivity contribution in [2.24, 2.45) is 0 Å². The van der Waals surface area contributed by atoms with Crippen molar-refractivity contribution in [2.45, 2.75) is 48.4 Å². The number of aliphatic hydroxyl groups is 4. The summed E-state index contributed by atoms with van der Waals surface area (Å²) in [6.07, 6.45) is -3.05. The Morgan fingerprint density at radius 2 is 1.96 bits per heavy atom. The van der Waals surface area contributed by atoms with Crippen molar-refractivity contribution in [1.29, 1.82) is 0 Å². The van der Waals surface area contributed by atoms with E-state index in [2.05, 4.69) is 25.1 Å². The largest absolute Gasteiger partial charge is 0.395 e. The number of ether oxygens (including phenoxy) is 1. The second-order valence-electron chi connectivity index (χ2n) is 6.90. The number of aliphatic hydroxyl groups excluding tert-OH is 4. The minimum absolute atomic E-state index is 0.301. The van der Waals surface area contributed by atoms with Crippen LogP contribution >= 0.6 is 23.1 Å². The minimum atomic E-state index is -1.37. The van der Waals surface area contributed by atoms with Gasteiger partial charge in [0.15, 0.2) is 4.93 Å². The molecule has 0 amide bonds. The highest BCUT2D eigenvalue weighted by molar-refractivity contribution is 8.00. The van der Waals surface area contributed by atoms with Crippen molar-refractivity contribution in [1.82, 2.24) is 0 Å². The van der Waals surface area contributed by atoms with Gasteiger partial charge >= 0.3 is 0 Å². The highest BCUT2D eigenvalue weighted by atomic mass is 32.2. The van der Waals surface area contributed by atoms with E-state index in [4.69, 9.17) is 4.74 Å². The third-order valence-corrected chi connectivity index (χ3v) is 7.78. The highest BCUT2D eigenvalue weighted by Gasteiger charge is 2.57. The Morgan fingerprint density at radius 1 is 1.15 bits per heavy atom. The Hall–Kier alpha value is -0.930. The van der Waals surface area contributed by atoms with Crippen molar-refractivity contribution in [3.63, 3.8) is 0 Å². The maximum absolute atomic E-state index is 10.7. The van der Waals surface area contributed by atoms with Crippen molar-refractivity contribution in [3.05, 3.63) is 56.8 Å². The summed E-state index contributed by atoms with van der Waals surface area (Å²) in [4.78, 5) is 1.36. The molecule has 1 aromatic heterocycles. The number of hydrogen-bond donors (Lipinski definition) is 4. The zero-order chi connectivity index (χ0) is 18.5. The van der Waals surface area contributed by atoms with Gasteiger partial charge in [0.25, 0.3) is 0 Å². The summed E-state index contributed by atoms with van der Waals surface area (Å²) in [6.45, 7) is 2.11. The van der Waals surface area contributed by atoms with Gasteiger partial charge in [-0.1, -0.05) is 18.2 Å². The number of thiophene rings is 1. The maximum atomic E-state index is 10.7. The lowest BCUT2D eigenvalue weighted by Crippen LogP contribution is -2.58. The summed E-state index contributed by atoms with van der Waals surface area (Å²) < 4.78 is 5.96. The van der Waals surface area contributed by atoms with Gasteiger partial charge < -0.3 is 25.2 Å². The third kappa shape index (κ3) is 2.92. The quantitative estimate of drug-likeness (QED) is 0.631. The molecule has 0 radical (unpaired) electrons. The van der Waals surface area contributed by atoms with Gasteiger partial charge in [-0.15, -0.1) is 23.1 Å². The summed E-state index contributed by atoms with van der Waals surface area (Å²) >= 11 is 2.95. The van der Waals surface area contributed by atoms with E-state index in [0.29, 0.717) is 6.61 Å². The molecule has 2 aliphatic heterocycles. The molecule has 7 heteroatoms. The van der Waals surface area contributed by atoms with Crippen LogP contribution in [0.25, 0.3) is 0 Å². The molecule has 0 saturated carbocycles. The number of aryl methyl sites for hydroxylation is 1. The average molecular weight is 395 g/mol. The van der Waals surface area contributed by atoms with Crippen LogP contribution < -0.4 is 0 Å². The highest BCUT2D eigenvalue weighted by Crippen LogP contribution is 2.54. The standard InChI is InChI=1S/C19H22O5S2/c1-10-2-5-13(25-10)6-11-3-4-12-9-24-19(14(12)7-11)18(23)17(22)16(21)15(8-20)26-19/h2-5,7,15-18,20-23H,6,8-9H2,1H3/t15-,16-,17+,18-,19+/m1/s1. The van der Waals surface area contributed by atoms with Gasteiger partial charge in [0.05, 0.1) is 24.6 Å². The van der Waals surface area contributed by atoms with Crippen LogP contribution in [0.4, 0.5) is 0 Å². The summed E-state index contributed by atoms with van der Waals surface area (Å²) in [5, 5.41) is 40.1. The molecule has 0 bridgehead atoms. The first kappa shape index (κ1) is 18.4. The monoisotopic (exact) mass is 394 g/mol. The van der Waals surface area contributed by atoms with Gasteiger partial charge in [0.1, 0.15) is 12.2 Å². The molecule has 1 aromatic carbocycles. The van der Waals surface area contributed by atoms with E-state index in [9.17, 15) is 20.4 Å². The molecule has 26 heavy (non-hydrogen) atoms. The van der Waals surface area contributed by atoms with Crippen LogP contribution in [0.5, 0.6) is 0 Å². The average Bonchev–Trinajstić information content (AvgIpc) is 3.21. The molecule has 1 saturated heterocycles. The van der Waals surface area contributed by atoms with Gasteiger partial charge in [-0.3, -0.25) is 0 Å². The van der Waals surface area contributed by atoms with Crippen LogP contribution in [0.3, 0.4) is 0 Å². The van der Waals surface area contributed by atoms with Crippen molar-refractivity contribution in [2.75, 3.05) is 6.61 Å². The fraction of sp³-hybridized carbons (Fsp3) is 0.474. The van der Waals surface area contributed by atoms with Crippen LogP contribution in [0.2, 0.25) is 0 Å². The lowest BCUT2D eigenvalue weighted by atomic mass is 9.91. The smallest absolute Gasteiger partial charge is 0.168 e. The number of hydrogen-bond acceptors (Lipinski definition) is 7. The minimum Gasteiger partial charge on any atom is -0.395 e. The normalized spacial score (nSPS) is 33.6. The topological polar surface area (TPSA) is 90.2 Å². The maximum Gasteiger partial charge on any atom is 0.168 e. The van der Waals surface area contributed by atoms with Gasteiger partial charge in [-0.2, -0.15) is 0 Å². The Balaban J connectivity index is 1.70. The Kier molecular flexibility index (Phi) is 4.90.